The van der Waals surface area contributed by atoms with Crippen molar-refractivity contribution >= 4 is 5.97 Å². The fraction of sp³-hybridized carbons (Fsp3) is 0.471. The lowest BCUT2D eigenvalue weighted by molar-refractivity contribution is -0.154. The zero-order valence-electron chi connectivity index (χ0n) is 12.6. The van der Waals surface area contributed by atoms with E-state index in [0.29, 0.717) is 25.9 Å². The number of methoxy groups -OCH3 is 1. The second kappa shape index (κ2) is 9.98. The topological polar surface area (TPSA) is 55.8 Å². The summed E-state index contributed by atoms with van der Waals surface area (Å²) in [5.74, 6) is 5.69. The van der Waals surface area contributed by atoms with Crippen LogP contribution in [0.3, 0.4) is 0 Å². The summed E-state index contributed by atoms with van der Waals surface area (Å²) in [6.45, 7) is 2.29. The first-order valence-electron chi connectivity index (χ1n) is 7.09. The molecule has 0 aliphatic rings. The first-order valence-corrected chi connectivity index (χ1v) is 7.09. The van der Waals surface area contributed by atoms with Gasteiger partial charge >= 0.3 is 5.97 Å². The van der Waals surface area contributed by atoms with Crippen LogP contribution in [-0.2, 0) is 20.7 Å². The molecule has 0 aliphatic heterocycles. The van der Waals surface area contributed by atoms with Crippen molar-refractivity contribution in [1.29, 1.82) is 0 Å². The van der Waals surface area contributed by atoms with Gasteiger partial charge in [0.15, 0.2) is 6.10 Å². The largest absolute Gasteiger partial charge is 0.464 e. The maximum atomic E-state index is 11.7. The third-order valence-corrected chi connectivity index (χ3v) is 2.90. The smallest absolute Gasteiger partial charge is 0.335 e. The fourth-order valence-corrected chi connectivity index (χ4v) is 1.77. The van der Waals surface area contributed by atoms with E-state index >= 15 is 0 Å². The van der Waals surface area contributed by atoms with Gasteiger partial charge in [0.25, 0.3) is 0 Å². The summed E-state index contributed by atoms with van der Waals surface area (Å²) in [5.41, 5.74) is 1.91. The molecule has 0 saturated heterocycles. The van der Waals surface area contributed by atoms with Gasteiger partial charge in [0.1, 0.15) is 0 Å². The monoisotopic (exact) mass is 290 g/mol. The summed E-state index contributed by atoms with van der Waals surface area (Å²) in [5, 5.41) is 8.67. The Bertz CT molecular complexity index is 482. The van der Waals surface area contributed by atoms with Crippen LogP contribution < -0.4 is 0 Å². The molecule has 1 aromatic carbocycles. The van der Waals surface area contributed by atoms with Crippen LogP contribution in [0.15, 0.2) is 24.3 Å². The Morgan fingerprint density at radius 2 is 2.05 bits per heavy atom. The Morgan fingerprint density at radius 1 is 1.33 bits per heavy atom. The fourth-order valence-electron chi connectivity index (χ4n) is 1.77. The highest BCUT2D eigenvalue weighted by Gasteiger charge is 2.19. The van der Waals surface area contributed by atoms with Gasteiger partial charge in [-0.05, 0) is 31.0 Å². The molecular formula is C17H22O4. The van der Waals surface area contributed by atoms with Crippen molar-refractivity contribution in [3.8, 4) is 11.8 Å². The third kappa shape index (κ3) is 6.44. The van der Waals surface area contributed by atoms with Crippen molar-refractivity contribution in [3.05, 3.63) is 35.4 Å². The molecule has 0 amide bonds. The lowest BCUT2D eigenvalue weighted by Crippen LogP contribution is -2.27. The van der Waals surface area contributed by atoms with Crippen LogP contribution in [0.2, 0.25) is 0 Å². The molecule has 114 valence electrons. The van der Waals surface area contributed by atoms with Gasteiger partial charge in [-0.2, -0.15) is 0 Å². The number of ether oxygens (including phenoxy) is 2. The van der Waals surface area contributed by atoms with Crippen LogP contribution in [0.4, 0.5) is 0 Å². The van der Waals surface area contributed by atoms with Crippen LogP contribution >= 0.6 is 0 Å². The molecule has 0 fully saturated rings. The quantitative estimate of drug-likeness (QED) is 0.473. The highest BCUT2D eigenvalue weighted by Crippen LogP contribution is 2.09. The number of benzene rings is 1. The van der Waals surface area contributed by atoms with E-state index in [4.69, 9.17) is 14.6 Å². The molecule has 0 saturated carbocycles. The van der Waals surface area contributed by atoms with E-state index in [9.17, 15) is 4.79 Å². The average molecular weight is 290 g/mol. The van der Waals surface area contributed by atoms with E-state index < -0.39 is 6.10 Å². The average Bonchev–Trinajstić information content (AvgIpc) is 2.50. The predicted octanol–water partition coefficient (Wildman–Crippen LogP) is 1.93. The van der Waals surface area contributed by atoms with Crippen LogP contribution in [0.5, 0.6) is 0 Å². The predicted molar refractivity (Wildman–Crippen MR) is 80.8 cm³/mol. The van der Waals surface area contributed by atoms with Crippen molar-refractivity contribution in [2.45, 2.75) is 32.3 Å². The lowest BCUT2D eigenvalue weighted by atomic mass is 10.1. The van der Waals surface area contributed by atoms with E-state index in [-0.39, 0.29) is 12.6 Å². The molecule has 0 heterocycles. The zero-order valence-corrected chi connectivity index (χ0v) is 12.6. The number of hydrogen-bond donors (Lipinski definition) is 1. The Morgan fingerprint density at radius 3 is 2.62 bits per heavy atom. The van der Waals surface area contributed by atoms with Crippen LogP contribution in [-0.4, -0.2) is 37.5 Å². The molecule has 21 heavy (non-hydrogen) atoms. The highest BCUT2D eigenvalue weighted by molar-refractivity contribution is 5.75. The van der Waals surface area contributed by atoms with E-state index in [1.807, 2.05) is 24.3 Å². The van der Waals surface area contributed by atoms with E-state index in [1.165, 1.54) is 7.11 Å². The Hall–Kier alpha value is -1.83. The number of aliphatic hydroxyl groups excluding tert-OH is 1. The van der Waals surface area contributed by atoms with Crippen molar-refractivity contribution in [3.63, 3.8) is 0 Å². The number of rotatable bonds is 7. The van der Waals surface area contributed by atoms with Crippen molar-refractivity contribution in [2.75, 3.05) is 20.3 Å². The molecular weight excluding hydrogens is 268 g/mol. The van der Waals surface area contributed by atoms with Gasteiger partial charge < -0.3 is 14.6 Å². The van der Waals surface area contributed by atoms with Crippen LogP contribution in [0, 0.1) is 11.8 Å². The molecule has 0 spiro atoms. The number of unbranched alkanes of at least 4 members (excludes halogenated alkanes) is 1. The summed E-state index contributed by atoms with van der Waals surface area (Å²) in [4.78, 5) is 11.7. The summed E-state index contributed by atoms with van der Waals surface area (Å²) in [6, 6.07) is 7.70. The minimum Gasteiger partial charge on any atom is -0.464 e. The molecule has 0 radical (unpaired) electrons. The van der Waals surface area contributed by atoms with Gasteiger partial charge in [-0.1, -0.05) is 24.0 Å². The molecule has 1 unspecified atom stereocenters. The van der Waals surface area contributed by atoms with E-state index in [2.05, 4.69) is 11.8 Å². The third-order valence-electron chi connectivity index (χ3n) is 2.90. The maximum Gasteiger partial charge on any atom is 0.335 e. The minimum atomic E-state index is -0.577. The van der Waals surface area contributed by atoms with Gasteiger partial charge in [0.05, 0.1) is 6.61 Å². The van der Waals surface area contributed by atoms with E-state index in [0.717, 1.165) is 11.1 Å². The zero-order chi connectivity index (χ0) is 15.5. The number of carbonyl (C=O) groups excluding carboxylic acids is 1. The van der Waals surface area contributed by atoms with Gasteiger partial charge in [-0.3, -0.25) is 0 Å². The number of hydrogen-bond acceptors (Lipinski definition) is 4. The molecule has 0 aromatic heterocycles. The second-order valence-electron chi connectivity index (χ2n) is 4.51. The molecule has 1 N–H and O–H groups in total. The first kappa shape index (κ1) is 17.2. The van der Waals surface area contributed by atoms with Gasteiger partial charge in [0, 0.05) is 32.1 Å². The Balaban J connectivity index is 2.60. The van der Waals surface area contributed by atoms with Gasteiger partial charge in [-0.15, -0.1) is 0 Å². The Labute approximate surface area is 126 Å². The number of carbonyl (C=O) groups is 1. The summed E-state index contributed by atoms with van der Waals surface area (Å²) < 4.78 is 10.1. The molecule has 4 nitrogen and oxygen atoms in total. The SMILES string of the molecule is CCOC(=O)C(Cc1ccc(C#CCCCO)cc1)OC. The van der Waals surface area contributed by atoms with Crippen LogP contribution in [0.1, 0.15) is 30.9 Å². The number of esters is 1. The Kier molecular flexibility index (Phi) is 8.18. The first-order chi connectivity index (χ1) is 10.2. The maximum absolute atomic E-state index is 11.7. The standard InChI is InChI=1S/C17H22O4/c1-3-21-17(19)16(20-2)13-15-10-8-14(9-11-15)7-5-4-6-12-18/h8-11,16,18H,3-4,6,12-13H2,1-2H3. The van der Waals surface area contributed by atoms with Crippen molar-refractivity contribution < 1.29 is 19.4 Å². The molecule has 1 rings (SSSR count). The molecule has 1 atom stereocenters. The number of aliphatic hydroxyl groups is 1. The van der Waals surface area contributed by atoms with Gasteiger partial charge in [-0.25, -0.2) is 4.79 Å². The normalized spacial score (nSPS) is 11.4. The molecule has 4 heteroatoms. The van der Waals surface area contributed by atoms with E-state index in [1.54, 1.807) is 6.92 Å². The minimum absolute atomic E-state index is 0.167. The lowest BCUT2D eigenvalue weighted by Gasteiger charge is -2.13. The van der Waals surface area contributed by atoms with Crippen molar-refractivity contribution in [1.82, 2.24) is 0 Å². The summed E-state index contributed by atoms with van der Waals surface area (Å²) >= 11 is 0. The summed E-state index contributed by atoms with van der Waals surface area (Å²) in [6.07, 6.45) is 1.28. The second-order valence-corrected chi connectivity index (χ2v) is 4.51. The molecule has 0 aliphatic carbocycles. The van der Waals surface area contributed by atoms with Crippen molar-refractivity contribution in [2.24, 2.45) is 0 Å². The molecule has 1 aromatic rings. The highest BCUT2D eigenvalue weighted by atomic mass is 16.6. The van der Waals surface area contributed by atoms with Crippen LogP contribution in [0.25, 0.3) is 0 Å². The summed E-state index contributed by atoms with van der Waals surface area (Å²) in [7, 11) is 1.50. The van der Waals surface area contributed by atoms with Gasteiger partial charge in [0.2, 0.25) is 0 Å². The molecule has 0 bridgehead atoms.